The van der Waals surface area contributed by atoms with E-state index >= 15 is 0 Å². The van der Waals surface area contributed by atoms with E-state index < -0.39 is 23.5 Å². The molecule has 0 saturated heterocycles. The molecule has 0 spiro atoms. The Hall–Kier alpha value is -4.67. The van der Waals surface area contributed by atoms with Crippen LogP contribution in [0, 0.1) is 18.6 Å². The summed E-state index contributed by atoms with van der Waals surface area (Å²) in [7, 11) is 1.32. The van der Waals surface area contributed by atoms with Crippen LogP contribution in [0.2, 0.25) is 0 Å². The van der Waals surface area contributed by atoms with Crippen molar-refractivity contribution in [2.45, 2.75) is 26.4 Å². The van der Waals surface area contributed by atoms with Gasteiger partial charge in [-0.25, -0.2) is 23.1 Å². The minimum absolute atomic E-state index is 0.0288. The summed E-state index contributed by atoms with van der Waals surface area (Å²) in [5.41, 5.74) is 9.53. The molecule has 9 nitrogen and oxygen atoms in total. The molecule has 1 unspecified atom stereocenters. The quantitative estimate of drug-likeness (QED) is 0.225. The molecule has 0 aliphatic rings. The van der Waals surface area contributed by atoms with Crippen LogP contribution in [0.4, 0.5) is 8.78 Å². The molecular weight excluding hydrogens is 482 g/mol. The first-order chi connectivity index (χ1) is 17.7. The van der Waals surface area contributed by atoms with E-state index in [0.717, 1.165) is 23.3 Å². The van der Waals surface area contributed by atoms with Crippen molar-refractivity contribution in [3.05, 3.63) is 100 Å². The predicted molar refractivity (Wildman–Crippen MR) is 132 cm³/mol. The van der Waals surface area contributed by atoms with Gasteiger partial charge >= 0.3 is 5.97 Å². The molecular formula is C26H24F2N6O3. The van der Waals surface area contributed by atoms with E-state index in [9.17, 15) is 18.4 Å². The van der Waals surface area contributed by atoms with E-state index in [0.29, 0.717) is 22.5 Å². The normalized spacial score (nSPS) is 12.4. The molecule has 0 aliphatic heterocycles. The van der Waals surface area contributed by atoms with Crippen molar-refractivity contribution < 1.29 is 23.1 Å². The number of nitrogens with zero attached hydrogens (tertiary/aromatic N) is 4. The minimum Gasteiger partial charge on any atom is -0.465 e. The van der Waals surface area contributed by atoms with E-state index in [4.69, 9.17) is 10.5 Å². The Balaban J connectivity index is 1.59. The Bertz CT molecular complexity index is 1530. The Labute approximate surface area is 211 Å². The second kappa shape index (κ2) is 10.5. The largest absolute Gasteiger partial charge is 0.465 e. The molecule has 2 heterocycles. The van der Waals surface area contributed by atoms with Gasteiger partial charge in [-0.3, -0.25) is 9.79 Å². The van der Waals surface area contributed by atoms with Crippen LogP contribution in [0.3, 0.4) is 0 Å². The van der Waals surface area contributed by atoms with Gasteiger partial charge in [0, 0.05) is 12.6 Å². The zero-order valence-corrected chi connectivity index (χ0v) is 20.3. The molecule has 4 rings (SSSR count). The third-order valence-corrected chi connectivity index (χ3v) is 5.76. The van der Waals surface area contributed by atoms with E-state index in [1.165, 1.54) is 30.0 Å². The van der Waals surface area contributed by atoms with Crippen molar-refractivity contribution in [2.24, 2.45) is 10.7 Å². The molecule has 0 saturated carbocycles. The summed E-state index contributed by atoms with van der Waals surface area (Å²) < 4.78 is 32.9. The number of ether oxygens (including phenoxy) is 1. The number of amides is 1. The van der Waals surface area contributed by atoms with Crippen molar-refractivity contribution in [2.75, 3.05) is 7.11 Å². The number of aromatic nitrogens is 3. The Morgan fingerprint density at radius 3 is 2.62 bits per heavy atom. The van der Waals surface area contributed by atoms with Crippen LogP contribution < -0.4 is 11.1 Å². The van der Waals surface area contributed by atoms with Gasteiger partial charge < -0.3 is 15.8 Å². The number of methoxy groups -OCH3 is 1. The Kier molecular flexibility index (Phi) is 7.23. The molecule has 11 heteroatoms. The van der Waals surface area contributed by atoms with Crippen molar-refractivity contribution in [1.82, 2.24) is 19.9 Å². The lowest BCUT2D eigenvalue weighted by Crippen LogP contribution is -2.26. The summed E-state index contributed by atoms with van der Waals surface area (Å²) in [5, 5.41) is 6.86. The predicted octanol–water partition coefficient (Wildman–Crippen LogP) is 3.50. The molecule has 2 aromatic heterocycles. The fraction of sp³-hybridized carbons (Fsp3) is 0.192. The van der Waals surface area contributed by atoms with Gasteiger partial charge in [-0.15, -0.1) is 0 Å². The second-order valence-corrected chi connectivity index (χ2v) is 8.32. The molecule has 37 heavy (non-hydrogen) atoms. The van der Waals surface area contributed by atoms with Crippen molar-refractivity contribution >= 4 is 23.4 Å². The monoisotopic (exact) mass is 506 g/mol. The Morgan fingerprint density at radius 2 is 1.92 bits per heavy atom. The van der Waals surface area contributed by atoms with Gasteiger partial charge in [-0.2, -0.15) is 5.10 Å². The molecule has 1 atom stereocenters. The highest BCUT2D eigenvalue weighted by Gasteiger charge is 2.17. The lowest BCUT2D eigenvalue weighted by Gasteiger charge is -2.13. The molecule has 0 aliphatic carbocycles. The summed E-state index contributed by atoms with van der Waals surface area (Å²) in [5.74, 6) is -2.81. The highest BCUT2D eigenvalue weighted by molar-refractivity contribution is 6.00. The number of benzene rings is 2. The fourth-order valence-electron chi connectivity index (χ4n) is 3.77. The first-order valence-corrected chi connectivity index (χ1v) is 11.3. The fourth-order valence-corrected chi connectivity index (χ4v) is 3.77. The summed E-state index contributed by atoms with van der Waals surface area (Å²) >= 11 is 0. The van der Waals surface area contributed by atoms with Crippen LogP contribution in [0.15, 0.2) is 59.7 Å². The zero-order chi connectivity index (χ0) is 26.7. The summed E-state index contributed by atoms with van der Waals surface area (Å²) in [6.45, 7) is 3.62. The molecule has 0 radical (unpaired) electrons. The number of hydrogen-bond acceptors (Lipinski definition) is 6. The number of esters is 1. The first-order valence-electron chi connectivity index (χ1n) is 11.3. The summed E-state index contributed by atoms with van der Waals surface area (Å²) in [4.78, 5) is 33.6. The number of aliphatic imine (C=N–C) groups is 1. The average molecular weight is 507 g/mol. The van der Waals surface area contributed by atoms with E-state index in [1.807, 2.05) is 13.0 Å². The van der Waals surface area contributed by atoms with Crippen molar-refractivity contribution in [3.8, 4) is 0 Å². The number of amidine groups is 1. The van der Waals surface area contributed by atoms with Crippen LogP contribution in [-0.4, -0.2) is 39.4 Å². The lowest BCUT2D eigenvalue weighted by molar-refractivity contribution is 0.0599. The van der Waals surface area contributed by atoms with Gasteiger partial charge in [0.1, 0.15) is 17.2 Å². The van der Waals surface area contributed by atoms with Gasteiger partial charge in [-0.1, -0.05) is 18.2 Å². The SMILES string of the molecule is COC(=O)c1ccc(C(C)N=C(N)c2cc(C(=O)NCc3ccc(F)c(F)c3)nc3ccnn23)cc1C. The van der Waals surface area contributed by atoms with Gasteiger partial charge in [0.25, 0.3) is 5.91 Å². The van der Waals surface area contributed by atoms with E-state index in [2.05, 4.69) is 20.4 Å². The van der Waals surface area contributed by atoms with Crippen molar-refractivity contribution in [1.29, 1.82) is 0 Å². The lowest BCUT2D eigenvalue weighted by atomic mass is 10.0. The number of nitrogens with two attached hydrogens (primary N) is 1. The smallest absolute Gasteiger partial charge is 0.338 e. The van der Waals surface area contributed by atoms with Crippen molar-refractivity contribution in [3.63, 3.8) is 0 Å². The molecule has 1 amide bonds. The van der Waals surface area contributed by atoms with Crippen LogP contribution in [0.1, 0.15) is 56.2 Å². The maximum atomic E-state index is 13.5. The second-order valence-electron chi connectivity index (χ2n) is 8.32. The maximum Gasteiger partial charge on any atom is 0.338 e. The van der Waals surface area contributed by atoms with Gasteiger partial charge in [0.05, 0.1) is 24.9 Å². The standard InChI is InChI=1S/C26H24F2N6O3/c1-14-10-17(5-6-18(14)26(36)37-3)15(2)32-24(29)22-12-21(33-23-8-9-31-34(22)23)25(35)30-13-16-4-7-19(27)20(28)11-16/h4-12,15H,13H2,1-3H3,(H2,29,32)(H,30,35). The summed E-state index contributed by atoms with van der Waals surface area (Å²) in [6.07, 6.45) is 1.51. The minimum atomic E-state index is -0.999. The number of hydrogen-bond donors (Lipinski definition) is 2. The molecule has 4 aromatic rings. The third-order valence-electron chi connectivity index (χ3n) is 5.76. The molecule has 3 N–H and O–H groups in total. The van der Waals surface area contributed by atoms with E-state index in [1.54, 1.807) is 25.1 Å². The highest BCUT2D eigenvalue weighted by atomic mass is 19.2. The van der Waals surface area contributed by atoms with Crippen LogP contribution in [0.25, 0.3) is 5.65 Å². The van der Waals surface area contributed by atoms with Crippen LogP contribution in [-0.2, 0) is 11.3 Å². The first kappa shape index (κ1) is 25.4. The van der Waals surface area contributed by atoms with Crippen LogP contribution >= 0.6 is 0 Å². The molecule has 190 valence electrons. The molecule has 2 aromatic carbocycles. The topological polar surface area (TPSA) is 124 Å². The van der Waals surface area contributed by atoms with Gasteiger partial charge in [-0.05, 0) is 54.8 Å². The van der Waals surface area contributed by atoms with Gasteiger partial charge in [0.15, 0.2) is 17.3 Å². The molecule has 0 bridgehead atoms. The number of nitrogens with one attached hydrogen (secondary N) is 1. The molecule has 0 fully saturated rings. The zero-order valence-electron chi connectivity index (χ0n) is 20.3. The number of carbonyl (C=O) groups excluding carboxylic acids is 2. The third kappa shape index (κ3) is 5.45. The number of halogens is 2. The number of fused-ring (bicyclic) bond motifs is 1. The number of aryl methyl sites for hydroxylation is 1. The van der Waals surface area contributed by atoms with Crippen LogP contribution in [0.5, 0.6) is 0 Å². The maximum absolute atomic E-state index is 13.5. The Morgan fingerprint density at radius 1 is 1.14 bits per heavy atom. The highest BCUT2D eigenvalue weighted by Crippen LogP contribution is 2.22. The average Bonchev–Trinajstić information content (AvgIpc) is 3.36. The number of rotatable bonds is 7. The summed E-state index contributed by atoms with van der Waals surface area (Å²) in [6, 6.07) is 11.4. The van der Waals surface area contributed by atoms with Gasteiger partial charge in [0.2, 0.25) is 0 Å². The van der Waals surface area contributed by atoms with E-state index in [-0.39, 0.29) is 24.1 Å². The number of carbonyl (C=O) groups is 2.